The molecule has 3 aromatic rings. The predicted octanol–water partition coefficient (Wildman–Crippen LogP) is 3.40. The zero-order chi connectivity index (χ0) is 15.4. The van der Waals surface area contributed by atoms with E-state index in [0.717, 1.165) is 11.1 Å². The lowest BCUT2D eigenvalue weighted by atomic mass is 10.1. The Bertz CT molecular complexity index is 781. The molecule has 0 amide bonds. The zero-order valence-corrected chi connectivity index (χ0v) is 12.0. The van der Waals surface area contributed by atoms with Crippen LogP contribution in [0, 0.1) is 6.92 Å². The number of hydrogen-bond acceptors (Lipinski definition) is 5. The molecule has 0 saturated carbocycles. The Morgan fingerprint density at radius 3 is 2.59 bits per heavy atom. The van der Waals surface area contributed by atoms with E-state index in [2.05, 4.69) is 10.1 Å². The number of aromatic nitrogens is 2. The summed E-state index contributed by atoms with van der Waals surface area (Å²) < 4.78 is 10.3. The fourth-order valence-electron chi connectivity index (χ4n) is 2.02. The number of carbonyl (C=O) groups excluding carboxylic acids is 1. The van der Waals surface area contributed by atoms with E-state index in [-0.39, 0.29) is 12.5 Å². The van der Waals surface area contributed by atoms with Gasteiger partial charge in [-0.05, 0) is 18.6 Å². The fourth-order valence-corrected chi connectivity index (χ4v) is 2.02. The molecule has 0 aliphatic rings. The highest BCUT2D eigenvalue weighted by Gasteiger charge is 2.13. The molecule has 0 unspecified atom stereocenters. The molecule has 5 nitrogen and oxygen atoms in total. The van der Waals surface area contributed by atoms with Gasteiger partial charge in [-0.2, -0.15) is 4.98 Å². The lowest BCUT2D eigenvalue weighted by Crippen LogP contribution is -2.07. The summed E-state index contributed by atoms with van der Waals surface area (Å²) in [5, 5.41) is 3.88. The topological polar surface area (TPSA) is 65.2 Å². The second kappa shape index (κ2) is 6.22. The SMILES string of the molecule is Cc1ccccc1C(=O)OCc1nc(-c2ccccc2)no1. The zero-order valence-electron chi connectivity index (χ0n) is 12.0. The standard InChI is InChI=1S/C17H14N2O3/c1-12-7-5-6-10-14(12)17(20)21-11-15-18-16(19-22-15)13-8-3-2-4-9-13/h2-10H,11H2,1H3. The highest BCUT2D eigenvalue weighted by atomic mass is 16.6. The minimum atomic E-state index is -0.405. The average Bonchev–Trinajstić information content (AvgIpc) is 3.03. The van der Waals surface area contributed by atoms with Crippen LogP contribution in [0.3, 0.4) is 0 Å². The molecule has 0 fully saturated rings. The van der Waals surface area contributed by atoms with Crippen LogP contribution in [0.25, 0.3) is 11.4 Å². The van der Waals surface area contributed by atoms with E-state index in [4.69, 9.17) is 9.26 Å². The first-order valence-corrected chi connectivity index (χ1v) is 6.85. The first-order valence-electron chi connectivity index (χ1n) is 6.85. The van der Waals surface area contributed by atoms with Crippen LogP contribution in [-0.2, 0) is 11.3 Å². The first kappa shape index (κ1) is 14.0. The quantitative estimate of drug-likeness (QED) is 0.690. The van der Waals surface area contributed by atoms with Crippen molar-refractivity contribution in [1.82, 2.24) is 10.1 Å². The van der Waals surface area contributed by atoms with E-state index in [1.54, 1.807) is 12.1 Å². The van der Waals surface area contributed by atoms with Crippen LogP contribution in [0.4, 0.5) is 0 Å². The van der Waals surface area contributed by atoms with Crippen LogP contribution in [-0.4, -0.2) is 16.1 Å². The Hall–Kier alpha value is -2.95. The first-order chi connectivity index (χ1) is 10.7. The van der Waals surface area contributed by atoms with Crippen LogP contribution in [0.2, 0.25) is 0 Å². The van der Waals surface area contributed by atoms with Gasteiger partial charge in [0.15, 0.2) is 6.61 Å². The molecule has 0 saturated heterocycles. The monoisotopic (exact) mass is 294 g/mol. The number of benzene rings is 2. The molecular weight excluding hydrogens is 280 g/mol. The normalized spacial score (nSPS) is 10.4. The van der Waals surface area contributed by atoms with Gasteiger partial charge in [-0.1, -0.05) is 53.7 Å². The van der Waals surface area contributed by atoms with E-state index in [9.17, 15) is 4.79 Å². The Labute approximate surface area is 127 Å². The maximum Gasteiger partial charge on any atom is 0.338 e. The number of nitrogens with zero attached hydrogens (tertiary/aromatic N) is 2. The minimum Gasteiger partial charge on any atom is -0.452 e. The maximum absolute atomic E-state index is 12.0. The molecule has 0 spiro atoms. The highest BCUT2D eigenvalue weighted by Crippen LogP contribution is 2.15. The van der Waals surface area contributed by atoms with E-state index in [0.29, 0.717) is 11.4 Å². The van der Waals surface area contributed by atoms with Crippen molar-refractivity contribution in [2.45, 2.75) is 13.5 Å². The third kappa shape index (κ3) is 3.03. The molecule has 0 atom stereocenters. The van der Waals surface area contributed by atoms with Gasteiger partial charge in [0.05, 0.1) is 5.56 Å². The number of ether oxygens (including phenoxy) is 1. The smallest absolute Gasteiger partial charge is 0.338 e. The Morgan fingerprint density at radius 2 is 1.82 bits per heavy atom. The van der Waals surface area contributed by atoms with Crippen molar-refractivity contribution in [1.29, 1.82) is 0 Å². The Kier molecular flexibility index (Phi) is 3.96. The molecule has 22 heavy (non-hydrogen) atoms. The molecule has 0 radical (unpaired) electrons. The molecule has 1 heterocycles. The maximum atomic E-state index is 12.0. The van der Waals surface area contributed by atoms with Gasteiger partial charge in [-0.3, -0.25) is 0 Å². The van der Waals surface area contributed by atoms with Crippen molar-refractivity contribution < 1.29 is 14.1 Å². The van der Waals surface area contributed by atoms with Crippen LogP contribution in [0.5, 0.6) is 0 Å². The summed E-state index contributed by atoms with van der Waals surface area (Å²) in [7, 11) is 0. The molecular formula is C17H14N2O3. The van der Waals surface area contributed by atoms with E-state index < -0.39 is 5.97 Å². The summed E-state index contributed by atoms with van der Waals surface area (Å²) >= 11 is 0. The number of hydrogen-bond donors (Lipinski definition) is 0. The minimum absolute atomic E-state index is 0.0486. The van der Waals surface area contributed by atoms with Gasteiger partial charge in [0, 0.05) is 5.56 Å². The van der Waals surface area contributed by atoms with E-state index in [1.807, 2.05) is 49.4 Å². The van der Waals surface area contributed by atoms with Gasteiger partial charge in [0.1, 0.15) is 0 Å². The molecule has 2 aromatic carbocycles. The summed E-state index contributed by atoms with van der Waals surface area (Å²) in [6, 6.07) is 16.7. The number of rotatable bonds is 4. The lowest BCUT2D eigenvalue weighted by molar-refractivity contribution is 0.0429. The molecule has 110 valence electrons. The molecule has 5 heteroatoms. The second-order valence-electron chi connectivity index (χ2n) is 4.77. The van der Waals surface area contributed by atoms with E-state index in [1.165, 1.54) is 0 Å². The Morgan fingerprint density at radius 1 is 1.09 bits per heavy atom. The number of carbonyl (C=O) groups is 1. The fraction of sp³-hybridized carbons (Fsp3) is 0.118. The largest absolute Gasteiger partial charge is 0.452 e. The van der Waals surface area contributed by atoms with Crippen molar-refractivity contribution in [2.24, 2.45) is 0 Å². The molecule has 0 aliphatic carbocycles. The van der Waals surface area contributed by atoms with Crippen LogP contribution in [0.1, 0.15) is 21.8 Å². The van der Waals surface area contributed by atoms with Crippen molar-refractivity contribution in [3.8, 4) is 11.4 Å². The van der Waals surface area contributed by atoms with E-state index >= 15 is 0 Å². The summed E-state index contributed by atoms with van der Waals surface area (Å²) in [6.07, 6.45) is 0. The summed E-state index contributed by atoms with van der Waals surface area (Å²) in [5.41, 5.74) is 2.25. The second-order valence-corrected chi connectivity index (χ2v) is 4.77. The average molecular weight is 294 g/mol. The summed E-state index contributed by atoms with van der Waals surface area (Å²) in [5.74, 6) is 0.334. The molecule has 1 aromatic heterocycles. The predicted molar refractivity (Wildman–Crippen MR) is 80.0 cm³/mol. The molecule has 0 N–H and O–H groups in total. The lowest BCUT2D eigenvalue weighted by Gasteiger charge is -2.04. The van der Waals surface area contributed by atoms with Gasteiger partial charge in [-0.25, -0.2) is 4.79 Å². The highest BCUT2D eigenvalue weighted by molar-refractivity contribution is 5.90. The third-order valence-corrected chi connectivity index (χ3v) is 3.19. The summed E-state index contributed by atoms with van der Waals surface area (Å²) in [4.78, 5) is 16.2. The van der Waals surface area contributed by atoms with Gasteiger partial charge in [0.2, 0.25) is 5.82 Å². The van der Waals surface area contributed by atoms with Crippen molar-refractivity contribution >= 4 is 5.97 Å². The van der Waals surface area contributed by atoms with Crippen LogP contribution < -0.4 is 0 Å². The molecule has 3 rings (SSSR count). The number of esters is 1. The number of aryl methyl sites for hydroxylation is 1. The van der Waals surface area contributed by atoms with Crippen molar-refractivity contribution in [2.75, 3.05) is 0 Å². The molecule has 0 bridgehead atoms. The Balaban J connectivity index is 1.67. The van der Waals surface area contributed by atoms with Crippen LogP contribution in [0.15, 0.2) is 59.1 Å². The van der Waals surface area contributed by atoms with Crippen molar-refractivity contribution in [3.05, 3.63) is 71.6 Å². The van der Waals surface area contributed by atoms with Gasteiger partial charge in [-0.15, -0.1) is 0 Å². The van der Waals surface area contributed by atoms with Gasteiger partial charge >= 0.3 is 5.97 Å². The van der Waals surface area contributed by atoms with Gasteiger partial charge < -0.3 is 9.26 Å². The third-order valence-electron chi connectivity index (χ3n) is 3.19. The molecule has 0 aliphatic heterocycles. The van der Waals surface area contributed by atoms with Crippen LogP contribution >= 0.6 is 0 Å². The summed E-state index contributed by atoms with van der Waals surface area (Å²) in [6.45, 7) is 1.81. The van der Waals surface area contributed by atoms with Gasteiger partial charge in [0.25, 0.3) is 5.89 Å². The van der Waals surface area contributed by atoms with Crippen molar-refractivity contribution in [3.63, 3.8) is 0 Å².